The Labute approximate surface area is 108 Å². The molecule has 94 valence electrons. The normalized spacial score (nSPS) is 17.7. The van der Waals surface area contributed by atoms with E-state index in [2.05, 4.69) is 11.1 Å². The number of aliphatic imine (C=N–C) groups is 1. The van der Waals surface area contributed by atoms with Gasteiger partial charge in [0.1, 0.15) is 0 Å². The highest BCUT2D eigenvalue weighted by atomic mass is 19.1. The molecule has 1 aromatic rings. The molecule has 0 radical (unpaired) electrons. The van der Waals surface area contributed by atoms with Crippen LogP contribution in [0.1, 0.15) is 37.7 Å². The quantitative estimate of drug-likeness (QED) is 0.710. The second-order valence-electron chi connectivity index (χ2n) is 4.92. The molecule has 0 fully saturated rings. The minimum absolute atomic E-state index is 0.495. The molecule has 0 atom stereocenters. The molecule has 0 N–H and O–H groups in total. The Hall–Kier alpha value is -1.58. The van der Waals surface area contributed by atoms with Crippen LogP contribution in [-0.2, 0) is 0 Å². The predicted molar refractivity (Wildman–Crippen MR) is 77.0 cm³/mol. The lowest BCUT2D eigenvalue weighted by atomic mass is 10.0. The second-order valence-corrected chi connectivity index (χ2v) is 4.92. The van der Waals surface area contributed by atoms with Crippen LogP contribution in [0.5, 0.6) is 0 Å². The molecule has 2 rings (SSSR count). The zero-order valence-corrected chi connectivity index (χ0v) is 11.6. The Balaban J connectivity index is 2.64. The van der Waals surface area contributed by atoms with Crippen LogP contribution in [0.3, 0.4) is 0 Å². The minimum atomic E-state index is -0.495. The van der Waals surface area contributed by atoms with Crippen molar-refractivity contribution in [2.75, 3.05) is 0 Å². The highest BCUT2D eigenvalue weighted by Gasteiger charge is 2.18. The molecule has 18 heavy (non-hydrogen) atoms. The van der Waals surface area contributed by atoms with E-state index in [1.54, 1.807) is 4.48 Å². The average Bonchev–Trinajstić information content (AvgIpc) is 2.77. The third-order valence-electron chi connectivity index (χ3n) is 3.41. The van der Waals surface area contributed by atoms with Gasteiger partial charge < -0.3 is 8.79 Å². The molecule has 0 unspecified atom stereocenters. The summed E-state index contributed by atoms with van der Waals surface area (Å²) in [5, 5.41) is 0. The third-order valence-corrected chi connectivity index (χ3v) is 3.41. The van der Waals surface area contributed by atoms with Gasteiger partial charge in [-0.05, 0) is 63.5 Å². The number of hydrogen-bond donors (Lipinski definition) is 0. The number of allylic oxidation sites excluding steroid dienone is 3. The standard InChI is InChI=1S/C14H18BFN2/c1-8-6-10(3)17-13(8)12(5)14-9(2)7-11(4)18(14)15-16/h6-7,15H,1-5H3/b13-12-. The summed E-state index contributed by atoms with van der Waals surface area (Å²) in [4.78, 5) is 4.54. The van der Waals surface area contributed by atoms with Crippen molar-refractivity contribution in [1.29, 1.82) is 0 Å². The molecule has 0 saturated heterocycles. The predicted octanol–water partition coefficient (Wildman–Crippen LogP) is 3.34. The average molecular weight is 244 g/mol. The van der Waals surface area contributed by atoms with Crippen LogP contribution in [0, 0.1) is 13.8 Å². The van der Waals surface area contributed by atoms with Crippen LogP contribution in [0.15, 0.2) is 28.4 Å². The lowest BCUT2D eigenvalue weighted by molar-refractivity contribution is 0.823. The number of nitrogens with zero attached hydrogens (tertiary/aromatic N) is 2. The van der Waals surface area contributed by atoms with Crippen molar-refractivity contribution in [1.82, 2.24) is 4.48 Å². The van der Waals surface area contributed by atoms with Gasteiger partial charge in [0.05, 0.1) is 5.70 Å². The van der Waals surface area contributed by atoms with Crippen molar-refractivity contribution in [3.05, 3.63) is 40.4 Å². The molecule has 2 heterocycles. The monoisotopic (exact) mass is 244 g/mol. The van der Waals surface area contributed by atoms with E-state index in [9.17, 15) is 4.32 Å². The maximum atomic E-state index is 13.2. The van der Waals surface area contributed by atoms with Crippen molar-refractivity contribution in [3.8, 4) is 0 Å². The topological polar surface area (TPSA) is 17.3 Å². The molecule has 0 aromatic carbocycles. The largest absolute Gasteiger partial charge is 0.448 e. The van der Waals surface area contributed by atoms with Crippen LogP contribution in [0.2, 0.25) is 0 Å². The van der Waals surface area contributed by atoms with Crippen molar-refractivity contribution in [2.24, 2.45) is 4.99 Å². The van der Waals surface area contributed by atoms with Gasteiger partial charge in [-0.3, -0.25) is 4.99 Å². The van der Waals surface area contributed by atoms with Crippen LogP contribution in [0.25, 0.3) is 5.57 Å². The summed E-state index contributed by atoms with van der Waals surface area (Å²) < 4.78 is 14.9. The molecule has 2 nitrogen and oxygen atoms in total. The first-order valence-corrected chi connectivity index (χ1v) is 6.13. The first-order valence-electron chi connectivity index (χ1n) is 6.13. The molecular weight excluding hydrogens is 226 g/mol. The number of halogens is 1. The summed E-state index contributed by atoms with van der Waals surface area (Å²) in [6, 6.07) is 2.02. The van der Waals surface area contributed by atoms with Crippen LogP contribution < -0.4 is 0 Å². The van der Waals surface area contributed by atoms with Gasteiger partial charge in [-0.1, -0.05) is 0 Å². The lowest BCUT2D eigenvalue weighted by Gasteiger charge is -2.11. The van der Waals surface area contributed by atoms with Gasteiger partial charge in [0.15, 0.2) is 0 Å². The van der Waals surface area contributed by atoms with Gasteiger partial charge in [-0.15, -0.1) is 0 Å². The summed E-state index contributed by atoms with van der Waals surface area (Å²) in [5.74, 6) is 0. The van der Waals surface area contributed by atoms with Crippen LogP contribution >= 0.6 is 0 Å². The maximum absolute atomic E-state index is 13.2. The summed E-state index contributed by atoms with van der Waals surface area (Å²) in [7, 11) is -0.495. The highest BCUT2D eigenvalue weighted by molar-refractivity contribution is 6.25. The highest BCUT2D eigenvalue weighted by Crippen LogP contribution is 2.31. The Kier molecular flexibility index (Phi) is 3.29. The van der Waals surface area contributed by atoms with Crippen molar-refractivity contribution >= 4 is 19.0 Å². The fraction of sp³-hybridized carbons (Fsp3) is 0.357. The molecule has 0 spiro atoms. The molecular formula is C14H18BFN2. The fourth-order valence-electron chi connectivity index (χ4n) is 2.67. The SMILES string of the molecule is CC1=CC(C)=N/C1=C(/C)c1c(C)cc(C)n1BF. The molecule has 1 aliphatic heterocycles. The smallest absolute Gasteiger partial charge is 0.363 e. The second kappa shape index (κ2) is 4.60. The summed E-state index contributed by atoms with van der Waals surface area (Å²) in [6.07, 6.45) is 2.06. The Morgan fingerprint density at radius 3 is 2.44 bits per heavy atom. The Morgan fingerprint density at radius 1 is 1.28 bits per heavy atom. The lowest BCUT2D eigenvalue weighted by Crippen LogP contribution is -2.07. The van der Waals surface area contributed by atoms with E-state index in [0.29, 0.717) is 0 Å². The number of aromatic nitrogens is 1. The van der Waals surface area contributed by atoms with Gasteiger partial charge in [0, 0.05) is 17.1 Å². The van der Waals surface area contributed by atoms with E-state index < -0.39 is 7.69 Å². The third kappa shape index (κ3) is 1.96. The molecule has 1 aromatic heterocycles. The van der Waals surface area contributed by atoms with Crippen LogP contribution in [0.4, 0.5) is 4.32 Å². The zero-order valence-electron chi connectivity index (χ0n) is 11.6. The van der Waals surface area contributed by atoms with Gasteiger partial charge in [-0.2, -0.15) is 0 Å². The van der Waals surface area contributed by atoms with Crippen LogP contribution in [-0.4, -0.2) is 17.9 Å². The van der Waals surface area contributed by atoms with Gasteiger partial charge >= 0.3 is 7.69 Å². The van der Waals surface area contributed by atoms with Gasteiger partial charge in [-0.25, -0.2) is 0 Å². The molecule has 0 saturated carbocycles. The molecule has 0 amide bonds. The first-order chi connectivity index (χ1) is 8.45. The molecule has 0 aliphatic carbocycles. The van der Waals surface area contributed by atoms with Gasteiger partial charge in [0.2, 0.25) is 0 Å². The summed E-state index contributed by atoms with van der Waals surface area (Å²) in [6.45, 7) is 9.99. The van der Waals surface area contributed by atoms with E-state index in [4.69, 9.17) is 0 Å². The Morgan fingerprint density at radius 2 is 1.94 bits per heavy atom. The molecule has 1 aliphatic rings. The van der Waals surface area contributed by atoms with E-state index >= 15 is 0 Å². The first kappa shape index (κ1) is 12.9. The number of aryl methyl sites for hydroxylation is 2. The van der Waals surface area contributed by atoms with E-state index in [-0.39, 0.29) is 0 Å². The molecule has 4 heteroatoms. The summed E-state index contributed by atoms with van der Waals surface area (Å²) >= 11 is 0. The van der Waals surface area contributed by atoms with E-state index in [0.717, 1.165) is 39.5 Å². The Bertz CT molecular complexity index is 591. The summed E-state index contributed by atoms with van der Waals surface area (Å²) in [5.41, 5.74) is 7.18. The van der Waals surface area contributed by atoms with E-state index in [1.165, 1.54) is 0 Å². The van der Waals surface area contributed by atoms with Crippen molar-refractivity contribution in [2.45, 2.75) is 34.6 Å². The van der Waals surface area contributed by atoms with Gasteiger partial charge in [0.25, 0.3) is 0 Å². The molecule has 0 bridgehead atoms. The number of rotatable bonds is 2. The zero-order chi connectivity index (χ0) is 13.4. The van der Waals surface area contributed by atoms with Crippen molar-refractivity contribution in [3.63, 3.8) is 0 Å². The van der Waals surface area contributed by atoms with Crippen molar-refractivity contribution < 1.29 is 4.32 Å². The maximum Gasteiger partial charge on any atom is 0.448 e. The van der Waals surface area contributed by atoms with E-state index in [1.807, 2.05) is 40.7 Å². The fourth-order valence-corrected chi connectivity index (χ4v) is 2.67. The minimum Gasteiger partial charge on any atom is -0.363 e. The number of hydrogen-bond acceptors (Lipinski definition) is 1.